The summed E-state index contributed by atoms with van der Waals surface area (Å²) in [6.45, 7) is 7.52. The van der Waals surface area contributed by atoms with E-state index < -0.39 is 5.97 Å². The topological polar surface area (TPSA) is 73.9 Å². The van der Waals surface area contributed by atoms with Crippen molar-refractivity contribution < 1.29 is 23.8 Å². The zero-order chi connectivity index (χ0) is 19.9. The van der Waals surface area contributed by atoms with E-state index in [0.29, 0.717) is 31.3 Å². The van der Waals surface area contributed by atoms with Crippen LogP contribution in [0, 0.1) is 0 Å². The third-order valence-electron chi connectivity index (χ3n) is 3.63. The Morgan fingerprint density at radius 1 is 1.04 bits per heavy atom. The molecule has 0 aliphatic rings. The van der Waals surface area contributed by atoms with Crippen LogP contribution >= 0.6 is 0 Å². The van der Waals surface area contributed by atoms with E-state index in [1.54, 1.807) is 6.08 Å². The molecule has 6 heteroatoms. The van der Waals surface area contributed by atoms with Crippen molar-refractivity contribution in [2.24, 2.45) is 0 Å². The van der Waals surface area contributed by atoms with E-state index in [1.165, 1.54) is 6.08 Å². The number of esters is 1. The lowest BCUT2D eigenvalue weighted by Crippen LogP contribution is -2.29. The highest BCUT2D eigenvalue weighted by atomic mass is 16.5. The first-order valence-corrected chi connectivity index (χ1v) is 9.61. The molecule has 0 radical (unpaired) electrons. The quantitative estimate of drug-likeness (QED) is 0.322. The van der Waals surface area contributed by atoms with Crippen molar-refractivity contribution >= 4 is 18.0 Å². The summed E-state index contributed by atoms with van der Waals surface area (Å²) in [7, 11) is 0. The van der Waals surface area contributed by atoms with Gasteiger partial charge in [0.25, 0.3) is 5.91 Å². The highest BCUT2D eigenvalue weighted by molar-refractivity contribution is 5.89. The maximum absolute atomic E-state index is 11.8. The number of nitrogens with one attached hydrogen (secondary N) is 1. The van der Waals surface area contributed by atoms with Crippen molar-refractivity contribution in [3.8, 4) is 11.5 Å². The Labute approximate surface area is 161 Å². The normalized spacial score (nSPS) is 10.6. The fourth-order valence-corrected chi connectivity index (χ4v) is 2.15. The van der Waals surface area contributed by atoms with Gasteiger partial charge in [0.2, 0.25) is 0 Å². The van der Waals surface area contributed by atoms with Crippen molar-refractivity contribution in [1.82, 2.24) is 5.32 Å². The molecule has 0 unspecified atom stereocenters. The Balaban J connectivity index is 2.56. The second-order valence-electron chi connectivity index (χ2n) is 5.99. The number of benzene rings is 1. The molecule has 27 heavy (non-hydrogen) atoms. The van der Waals surface area contributed by atoms with E-state index in [4.69, 9.17) is 14.2 Å². The smallest absolute Gasteiger partial charge is 0.331 e. The summed E-state index contributed by atoms with van der Waals surface area (Å²) < 4.78 is 16.3. The summed E-state index contributed by atoms with van der Waals surface area (Å²) in [5.74, 6) is 0.465. The van der Waals surface area contributed by atoms with Crippen LogP contribution in [0.25, 0.3) is 6.08 Å². The molecule has 1 aromatic rings. The zero-order valence-corrected chi connectivity index (χ0v) is 16.6. The van der Waals surface area contributed by atoms with Gasteiger partial charge in [0, 0.05) is 12.6 Å². The molecule has 150 valence electrons. The molecule has 0 bridgehead atoms. The molecule has 0 fully saturated rings. The largest absolute Gasteiger partial charge is 0.490 e. The summed E-state index contributed by atoms with van der Waals surface area (Å²) in [4.78, 5) is 23.3. The second-order valence-corrected chi connectivity index (χ2v) is 5.99. The molecular weight excluding hydrogens is 346 g/mol. The third-order valence-corrected chi connectivity index (χ3v) is 3.63. The van der Waals surface area contributed by atoms with E-state index in [-0.39, 0.29) is 12.5 Å². The Morgan fingerprint density at radius 3 is 2.52 bits per heavy atom. The summed E-state index contributed by atoms with van der Waals surface area (Å²) >= 11 is 0. The van der Waals surface area contributed by atoms with Crippen LogP contribution in [0.1, 0.15) is 52.0 Å². The summed E-state index contributed by atoms with van der Waals surface area (Å²) in [5.41, 5.74) is 0.783. The maximum Gasteiger partial charge on any atom is 0.331 e. The summed E-state index contributed by atoms with van der Waals surface area (Å²) in [5, 5.41) is 2.69. The first-order chi connectivity index (χ1) is 13.1. The van der Waals surface area contributed by atoms with Crippen LogP contribution in [0.2, 0.25) is 0 Å². The van der Waals surface area contributed by atoms with Gasteiger partial charge >= 0.3 is 5.97 Å². The molecule has 6 nitrogen and oxygen atoms in total. The molecule has 1 N–H and O–H groups in total. The average molecular weight is 377 g/mol. The number of amides is 1. The van der Waals surface area contributed by atoms with Crippen LogP contribution in [0.3, 0.4) is 0 Å². The summed E-state index contributed by atoms with van der Waals surface area (Å²) in [6, 6.07) is 5.48. The van der Waals surface area contributed by atoms with Gasteiger partial charge in [-0.15, -0.1) is 0 Å². The van der Waals surface area contributed by atoms with Gasteiger partial charge in [-0.05, 0) is 43.5 Å². The highest BCUT2D eigenvalue weighted by Gasteiger charge is 2.07. The molecular formula is C21H31NO5. The Kier molecular flexibility index (Phi) is 11.4. The van der Waals surface area contributed by atoms with Gasteiger partial charge in [-0.3, -0.25) is 4.79 Å². The number of unbranched alkanes of at least 4 members (excludes halogenated alkanes) is 2. The predicted molar refractivity (Wildman–Crippen MR) is 106 cm³/mol. The van der Waals surface area contributed by atoms with Crippen LogP contribution in [0.5, 0.6) is 11.5 Å². The van der Waals surface area contributed by atoms with Gasteiger partial charge in [0.1, 0.15) is 0 Å². The SMILES string of the molecule is CCCCNC(=O)COC(=O)/C=C/c1ccc(OCCCC)c(OCC)c1. The lowest BCUT2D eigenvalue weighted by Gasteiger charge is -2.12. The number of carbonyl (C=O) groups is 2. The fourth-order valence-electron chi connectivity index (χ4n) is 2.15. The van der Waals surface area contributed by atoms with Gasteiger partial charge in [-0.1, -0.05) is 32.8 Å². The van der Waals surface area contributed by atoms with Crippen LogP contribution in [0.4, 0.5) is 0 Å². The average Bonchev–Trinajstić information content (AvgIpc) is 2.66. The molecule has 0 saturated carbocycles. The standard InChI is InChI=1S/C21H31NO5/c1-4-7-13-22-20(23)16-27-21(24)12-10-17-9-11-18(26-14-8-5-2)19(15-17)25-6-3/h9-12,15H,4-8,13-14,16H2,1-3H3,(H,22,23)/b12-10+. The van der Waals surface area contributed by atoms with Crippen LogP contribution in [0.15, 0.2) is 24.3 Å². The summed E-state index contributed by atoms with van der Waals surface area (Å²) in [6.07, 6.45) is 6.85. The van der Waals surface area contributed by atoms with Crippen molar-refractivity contribution in [2.75, 3.05) is 26.4 Å². The predicted octanol–water partition coefficient (Wildman–Crippen LogP) is 3.74. The maximum atomic E-state index is 11.8. The van der Waals surface area contributed by atoms with Gasteiger partial charge in [-0.25, -0.2) is 4.79 Å². The van der Waals surface area contributed by atoms with E-state index in [9.17, 15) is 9.59 Å². The minimum atomic E-state index is -0.568. The molecule has 0 spiro atoms. The van der Waals surface area contributed by atoms with Crippen LogP contribution in [-0.4, -0.2) is 38.2 Å². The zero-order valence-electron chi connectivity index (χ0n) is 16.6. The third kappa shape index (κ3) is 9.68. The molecule has 1 aromatic carbocycles. The number of carbonyl (C=O) groups excluding carboxylic acids is 2. The molecule has 0 atom stereocenters. The number of hydrogen-bond acceptors (Lipinski definition) is 5. The molecule has 0 heterocycles. The van der Waals surface area contributed by atoms with Gasteiger partial charge < -0.3 is 19.5 Å². The minimum absolute atomic E-state index is 0.276. The van der Waals surface area contributed by atoms with Crippen molar-refractivity contribution in [1.29, 1.82) is 0 Å². The monoisotopic (exact) mass is 377 g/mol. The van der Waals surface area contributed by atoms with Crippen LogP contribution in [-0.2, 0) is 14.3 Å². The Morgan fingerprint density at radius 2 is 1.81 bits per heavy atom. The van der Waals surface area contributed by atoms with E-state index in [1.807, 2.05) is 32.0 Å². The Hall–Kier alpha value is -2.50. The van der Waals surface area contributed by atoms with E-state index in [2.05, 4.69) is 12.2 Å². The first kappa shape index (κ1) is 22.5. The molecule has 0 saturated heterocycles. The van der Waals surface area contributed by atoms with E-state index in [0.717, 1.165) is 31.2 Å². The van der Waals surface area contributed by atoms with Gasteiger partial charge in [0.05, 0.1) is 13.2 Å². The Bertz CT molecular complexity index is 613. The minimum Gasteiger partial charge on any atom is -0.490 e. The molecule has 0 aliphatic carbocycles. The lowest BCUT2D eigenvalue weighted by atomic mass is 10.2. The number of hydrogen-bond donors (Lipinski definition) is 1. The number of ether oxygens (including phenoxy) is 3. The molecule has 0 aromatic heterocycles. The van der Waals surface area contributed by atoms with Crippen molar-refractivity contribution in [2.45, 2.75) is 46.5 Å². The van der Waals surface area contributed by atoms with E-state index >= 15 is 0 Å². The molecule has 1 rings (SSSR count). The van der Waals surface area contributed by atoms with Gasteiger partial charge in [0.15, 0.2) is 18.1 Å². The van der Waals surface area contributed by atoms with Crippen LogP contribution < -0.4 is 14.8 Å². The molecule has 0 aliphatic heterocycles. The van der Waals surface area contributed by atoms with Crippen molar-refractivity contribution in [3.05, 3.63) is 29.8 Å². The fraction of sp³-hybridized carbons (Fsp3) is 0.524. The lowest BCUT2D eigenvalue weighted by molar-refractivity contribution is -0.143. The molecule has 1 amide bonds. The number of rotatable bonds is 13. The second kappa shape index (κ2) is 13.7. The first-order valence-electron chi connectivity index (χ1n) is 9.61. The highest BCUT2D eigenvalue weighted by Crippen LogP contribution is 2.29. The van der Waals surface area contributed by atoms with Crippen molar-refractivity contribution in [3.63, 3.8) is 0 Å². The van der Waals surface area contributed by atoms with Gasteiger partial charge in [-0.2, -0.15) is 0 Å².